The van der Waals surface area contributed by atoms with Gasteiger partial charge in [0.1, 0.15) is 12.4 Å². The molecule has 11 nitrogen and oxygen atoms in total. The maximum atomic E-state index is 12.1. The number of benzene rings is 7. The third kappa shape index (κ3) is 25.1. The summed E-state index contributed by atoms with van der Waals surface area (Å²) in [5.41, 5.74) is 4.58. The van der Waals surface area contributed by atoms with Crippen LogP contribution >= 0.6 is 0 Å². The fourth-order valence-electron chi connectivity index (χ4n) is 7.38. The summed E-state index contributed by atoms with van der Waals surface area (Å²) in [5, 5.41) is 0. The minimum Gasteiger partial charge on any atom is -0.465 e. The standard InChI is InChI=1S/C25H25INO4.C19H21INO3.C19H25INO/c1-3-30-24(28)17-27(2)18-25(29)31-23-15-11-20(12-16-23)19-9-13-22(14-10-19)26-21-7-5-4-6-8-21;22-19(14-21-10-12-23-13-11-21)24-15-16-6-8-18(9-7-16)20-17-4-2-1-3-5-17;1-21(2)14-6-15-22-16-13-17-9-11-19(12-10-17)20-18-7-4-3-5-8-18/h4-16H,3,17-18H2,1-2H3;1-9H,10-15H2;3-5,7-12H,6,13-16H2,1-2H3/q3*+1. The summed E-state index contributed by atoms with van der Waals surface area (Å²) in [5.74, 6) is -0.477. The predicted octanol–water partition coefficient (Wildman–Crippen LogP) is 0.399. The van der Waals surface area contributed by atoms with Gasteiger partial charge in [0.05, 0.1) is 46.1 Å². The zero-order valence-corrected chi connectivity index (χ0v) is 51.0. The Labute approximate surface area is 487 Å². The molecule has 0 bridgehead atoms. The zero-order chi connectivity index (χ0) is 54.3. The Kier molecular flexibility index (Phi) is 28.2. The molecule has 0 unspecified atom stereocenters. The van der Waals surface area contributed by atoms with Crippen molar-refractivity contribution in [2.75, 3.05) is 93.4 Å². The largest absolute Gasteiger partial charge is 0.465 e. The molecule has 0 aliphatic carbocycles. The van der Waals surface area contributed by atoms with Gasteiger partial charge in [0.15, 0.2) is 21.4 Å². The van der Waals surface area contributed by atoms with Gasteiger partial charge in [-0.25, -0.2) is 0 Å². The molecule has 1 aliphatic heterocycles. The number of rotatable bonds is 24. The summed E-state index contributed by atoms with van der Waals surface area (Å²) in [7, 11) is 5.87. The van der Waals surface area contributed by atoms with Crippen LogP contribution in [0.3, 0.4) is 0 Å². The van der Waals surface area contributed by atoms with E-state index >= 15 is 0 Å². The van der Waals surface area contributed by atoms with Gasteiger partial charge in [-0.05, 0) is 167 Å². The van der Waals surface area contributed by atoms with Crippen LogP contribution in [0.15, 0.2) is 188 Å². The lowest BCUT2D eigenvalue weighted by molar-refractivity contribution is -0.597. The van der Waals surface area contributed by atoms with Gasteiger partial charge in [-0.3, -0.25) is 24.2 Å². The molecule has 404 valence electrons. The number of esters is 3. The first kappa shape index (κ1) is 61.2. The molecule has 14 heteroatoms. The Morgan fingerprint density at radius 3 is 1.47 bits per heavy atom. The maximum Gasteiger partial charge on any atom is 0.357 e. The van der Waals surface area contributed by atoms with Gasteiger partial charge in [-0.1, -0.05) is 91.0 Å². The van der Waals surface area contributed by atoms with E-state index in [9.17, 15) is 14.4 Å². The van der Waals surface area contributed by atoms with Crippen LogP contribution in [0.2, 0.25) is 0 Å². The molecule has 0 spiro atoms. The molecule has 7 aromatic carbocycles. The number of morpholine rings is 1. The second-order valence-corrected chi connectivity index (χ2v) is 27.1. The van der Waals surface area contributed by atoms with E-state index < -0.39 is 5.97 Å². The van der Waals surface area contributed by atoms with Crippen molar-refractivity contribution in [3.8, 4) is 16.9 Å². The van der Waals surface area contributed by atoms with Gasteiger partial charge in [-0.2, -0.15) is 0 Å². The van der Waals surface area contributed by atoms with E-state index in [1.165, 1.54) is 27.0 Å². The summed E-state index contributed by atoms with van der Waals surface area (Å²) in [6.45, 7) is 8.56. The smallest absolute Gasteiger partial charge is 0.357 e. The van der Waals surface area contributed by atoms with Crippen LogP contribution in [-0.2, 0) is 46.4 Å². The summed E-state index contributed by atoms with van der Waals surface area (Å²) >= 11 is -0.370. The topological polar surface area (TPSA) is 107 Å². The van der Waals surface area contributed by atoms with Crippen molar-refractivity contribution >= 4 is 17.9 Å². The molecule has 7 aromatic rings. The SMILES string of the molecule is CCOC(=O)CN(C)CC(=O)Oc1ccc(-c2ccc([I+]c3ccccc3)cc2)cc1.CN(C)CCCOCCc1ccc([I+]c2ccccc2)cc1.O=C(CN1CCOCC1)OCc1ccc([I+]c2ccccc2)cc1. The average Bonchev–Trinajstić information content (AvgIpc) is 3.44. The molecule has 1 heterocycles. The highest BCUT2D eigenvalue weighted by molar-refractivity contribution is 5.77. The molecule has 77 heavy (non-hydrogen) atoms. The normalized spacial score (nSPS) is 12.2. The lowest BCUT2D eigenvalue weighted by Crippen LogP contribution is -3.61. The van der Waals surface area contributed by atoms with Gasteiger partial charge in [-0.15, -0.1) is 0 Å². The second kappa shape index (κ2) is 35.4. The highest BCUT2D eigenvalue weighted by Gasteiger charge is 2.19. The third-order valence-corrected chi connectivity index (χ3v) is 19.4. The monoisotopic (exact) mass is 1380 g/mol. The number of hydrogen-bond acceptors (Lipinski definition) is 11. The van der Waals surface area contributed by atoms with Crippen LogP contribution in [0.5, 0.6) is 5.75 Å². The highest BCUT2D eigenvalue weighted by Crippen LogP contribution is 2.22. The minimum absolute atomic E-state index is 0.00647. The number of halogens is 3. The van der Waals surface area contributed by atoms with E-state index in [-0.39, 0.29) is 88.6 Å². The molecule has 0 aromatic heterocycles. The average molecular weight is 1380 g/mol. The van der Waals surface area contributed by atoms with Crippen LogP contribution in [0.4, 0.5) is 0 Å². The summed E-state index contributed by atoms with van der Waals surface area (Å²) < 4.78 is 35.1. The van der Waals surface area contributed by atoms with Crippen LogP contribution in [0.1, 0.15) is 24.5 Å². The van der Waals surface area contributed by atoms with Gasteiger partial charge >= 0.3 is 81.5 Å². The van der Waals surface area contributed by atoms with Crippen LogP contribution in [0.25, 0.3) is 11.1 Å². The molecule has 0 saturated carbocycles. The Morgan fingerprint density at radius 2 is 0.974 bits per heavy atom. The minimum atomic E-state index is -0.422. The molecular formula is C63H71I3N3O8+3. The van der Waals surface area contributed by atoms with E-state index in [2.05, 4.69) is 176 Å². The van der Waals surface area contributed by atoms with E-state index in [0.717, 1.165) is 62.4 Å². The molecule has 1 saturated heterocycles. The Morgan fingerprint density at radius 1 is 0.519 bits per heavy atom. The lowest BCUT2D eigenvalue weighted by Gasteiger charge is -2.25. The van der Waals surface area contributed by atoms with E-state index in [1.807, 2.05) is 24.3 Å². The van der Waals surface area contributed by atoms with Crippen molar-refractivity contribution in [1.29, 1.82) is 0 Å². The van der Waals surface area contributed by atoms with E-state index in [0.29, 0.717) is 38.7 Å². The third-order valence-electron chi connectivity index (χ3n) is 11.3. The van der Waals surface area contributed by atoms with Crippen LogP contribution in [-0.4, -0.2) is 126 Å². The van der Waals surface area contributed by atoms with E-state index in [4.69, 9.17) is 23.7 Å². The van der Waals surface area contributed by atoms with Crippen LogP contribution in [0, 0.1) is 21.4 Å². The lowest BCUT2D eigenvalue weighted by atomic mass is 10.1. The Balaban J connectivity index is 0.000000190. The molecule has 0 radical (unpaired) electrons. The number of hydrogen-bond donors (Lipinski definition) is 0. The fourth-order valence-corrected chi connectivity index (χ4v) is 14.0. The summed E-state index contributed by atoms with van der Waals surface area (Å²) in [6.07, 6.45) is 2.11. The van der Waals surface area contributed by atoms with Crippen molar-refractivity contribution < 1.29 is 102 Å². The number of carbonyl (C=O) groups excluding carboxylic acids is 3. The highest BCUT2D eigenvalue weighted by atomic mass is 127. The Hall–Kier alpha value is -5.06. The molecular weight excluding hydrogens is 1310 g/mol. The molecule has 8 rings (SSSR count). The van der Waals surface area contributed by atoms with E-state index in [1.54, 1.807) is 31.0 Å². The summed E-state index contributed by atoms with van der Waals surface area (Å²) in [4.78, 5) is 41.3. The number of nitrogens with zero attached hydrogens (tertiary/aromatic N) is 3. The van der Waals surface area contributed by atoms with Gasteiger partial charge in [0.2, 0.25) is 0 Å². The van der Waals surface area contributed by atoms with Crippen molar-refractivity contribution in [2.24, 2.45) is 0 Å². The first-order chi connectivity index (χ1) is 37.6. The fraction of sp³-hybridized carbons (Fsp3) is 0.286. The van der Waals surface area contributed by atoms with Crippen molar-refractivity contribution in [2.45, 2.75) is 26.4 Å². The van der Waals surface area contributed by atoms with Gasteiger partial charge in [0.25, 0.3) is 0 Å². The quantitative estimate of drug-likeness (QED) is 0.0364. The number of ether oxygens (including phenoxy) is 5. The second-order valence-electron chi connectivity index (χ2n) is 18.0. The first-order valence-corrected chi connectivity index (χ1v) is 32.2. The zero-order valence-electron chi connectivity index (χ0n) is 44.5. The predicted molar refractivity (Wildman–Crippen MR) is 291 cm³/mol. The van der Waals surface area contributed by atoms with Gasteiger partial charge in [0, 0.05) is 19.7 Å². The molecule has 1 aliphatic rings. The van der Waals surface area contributed by atoms with Crippen molar-refractivity contribution in [3.05, 3.63) is 221 Å². The first-order valence-electron chi connectivity index (χ1n) is 25.8. The summed E-state index contributed by atoms with van der Waals surface area (Å²) in [6, 6.07) is 65.4. The number of likely N-dealkylation sites (N-methyl/N-ethyl adjacent to an activating group) is 1. The van der Waals surface area contributed by atoms with Crippen LogP contribution < -0.4 is 68.4 Å². The molecule has 0 atom stereocenters. The number of carbonyl (C=O) groups is 3. The maximum absolute atomic E-state index is 12.1. The molecule has 0 N–H and O–H groups in total. The van der Waals surface area contributed by atoms with Crippen molar-refractivity contribution in [3.63, 3.8) is 0 Å². The molecule has 0 amide bonds. The molecule has 1 fully saturated rings. The van der Waals surface area contributed by atoms with Crippen molar-refractivity contribution in [1.82, 2.24) is 14.7 Å². The Bertz CT molecular complexity index is 2750. The van der Waals surface area contributed by atoms with Gasteiger partial charge < -0.3 is 28.6 Å².